The molecule has 77 heavy (non-hydrogen) atoms. The molecule has 30 atom stereocenters. The summed E-state index contributed by atoms with van der Waals surface area (Å²) in [6, 6.07) is 4.70. The summed E-state index contributed by atoms with van der Waals surface area (Å²) in [5, 5.41) is 207. The Morgan fingerprint density at radius 3 is 0.792 bits per heavy atom. The molecule has 0 unspecified atom stereocenters. The van der Waals surface area contributed by atoms with E-state index in [1.54, 1.807) is 0 Å². The first-order chi connectivity index (χ1) is 36.7. The first-order valence-electron chi connectivity index (χ1n) is 24.4. The van der Waals surface area contributed by atoms with Crippen LogP contribution in [0.25, 0.3) is 0 Å². The molecule has 1 aromatic rings. The topological polar surface area (TPSA) is 521 Å². The van der Waals surface area contributed by atoms with Crippen molar-refractivity contribution in [3.05, 3.63) is 29.8 Å². The molecule has 438 valence electrons. The predicted octanol–water partition coefficient (Wildman–Crippen LogP) is -13.5. The van der Waals surface area contributed by atoms with Crippen LogP contribution in [0.4, 0.5) is 0 Å². The summed E-state index contributed by atoms with van der Waals surface area (Å²) in [5.41, 5.74) is -0.151. The number of rotatable bonds is 9. The van der Waals surface area contributed by atoms with Crippen molar-refractivity contribution in [1.82, 2.24) is 0 Å². The minimum atomic E-state index is -2.27. The average Bonchev–Trinajstić information content (AvgIpc) is 3.47. The zero-order valence-electron chi connectivity index (χ0n) is 40.2. The molecule has 0 spiro atoms. The minimum Gasteiger partial charge on any atom is -0.459 e. The summed E-state index contributed by atoms with van der Waals surface area (Å²) in [5.74, 6) is -1.08. The Morgan fingerprint density at radius 1 is 0.351 bits per heavy atom. The van der Waals surface area contributed by atoms with E-state index in [1.807, 2.05) is 0 Å². The Balaban J connectivity index is 1.11. The Kier molecular flexibility index (Phi) is 20.3. The Labute approximate surface area is 435 Å². The lowest BCUT2D eigenvalue weighted by molar-refractivity contribution is -0.404. The molecule has 22 saturated heterocycles. The molecule has 22 heterocycles. The van der Waals surface area contributed by atoms with Gasteiger partial charge in [-0.1, -0.05) is 12.1 Å². The van der Waals surface area contributed by atoms with Crippen molar-refractivity contribution in [1.29, 1.82) is 0 Å². The van der Waals surface area contributed by atoms with Gasteiger partial charge in [-0.2, -0.15) is 0 Å². The van der Waals surface area contributed by atoms with E-state index in [4.69, 9.17) is 61.6 Å². The second-order valence-electron chi connectivity index (χ2n) is 19.3. The summed E-state index contributed by atoms with van der Waals surface area (Å²) in [7, 11) is -1.89. The second kappa shape index (κ2) is 25.8. The Bertz CT molecular complexity index is 2020. The summed E-state index contributed by atoms with van der Waals surface area (Å²) in [6.07, 6.45) is -60.7. The van der Waals surface area contributed by atoms with E-state index in [0.29, 0.717) is 0 Å². The highest BCUT2D eigenvalue weighted by molar-refractivity contribution is 6.58. The van der Waals surface area contributed by atoms with Crippen LogP contribution in [0, 0.1) is 0 Å². The molecule has 0 amide bonds. The Morgan fingerprint density at radius 2 is 0.571 bits per heavy atom. The highest BCUT2D eigenvalue weighted by Crippen LogP contribution is 2.38. The van der Waals surface area contributed by atoms with Gasteiger partial charge in [-0.15, -0.1) is 0 Å². The summed E-state index contributed by atoms with van der Waals surface area (Å²) in [6.45, 7) is -6.15. The molecule has 0 saturated carbocycles. The van der Waals surface area contributed by atoms with E-state index >= 15 is 0 Å². The molecule has 0 radical (unpaired) electrons. The highest BCUT2D eigenvalue weighted by atomic mass is 16.8. The second-order valence-corrected chi connectivity index (χ2v) is 19.3. The first kappa shape index (κ1) is 60.6. The first-order valence-corrected chi connectivity index (χ1v) is 24.4. The quantitative estimate of drug-likeness (QED) is 0.0806. The monoisotopic (exact) mass is 1120 g/mol. The van der Waals surface area contributed by atoms with Crippen LogP contribution in [0.15, 0.2) is 24.3 Å². The van der Waals surface area contributed by atoms with Gasteiger partial charge in [0.2, 0.25) is 0 Å². The van der Waals surface area contributed by atoms with E-state index in [-0.39, 0.29) is 11.0 Å². The van der Waals surface area contributed by atoms with Crippen LogP contribution in [0.2, 0.25) is 0 Å². The lowest BCUT2D eigenvalue weighted by Crippen LogP contribution is -2.69. The van der Waals surface area contributed by atoms with E-state index in [1.165, 1.54) is 12.1 Å². The van der Waals surface area contributed by atoms with Crippen LogP contribution in [0.3, 0.4) is 0 Å². The van der Waals surface area contributed by atoms with E-state index in [0.717, 1.165) is 12.1 Å². The fraction of sp³-hybridized carbons (Fsp3) is 0.837. The van der Waals surface area contributed by atoms with Crippen LogP contribution in [0.1, 0.15) is 10.4 Å². The number of carbonyl (C=O) groups is 1. The SMILES string of the molecule is O=C(OC[C@H]1O[C@@H]2O[C@H]3[C@H](O)[C@@H](O)[C@@H](O[C@H]4[C@H](O)[C@@H](O)[C@@H](O[C@H]5[C@H](O)[C@@H](O)[C@@H](O[C@H]6[C@H](O)[C@@H](O)[C@@H](O[C@H]7[C@H](O)[C@@H](O)[C@@H](O[C@H]1[C@H](O)[C@H]2O)O[C@@H]7CO)O[C@@H]6CO)O[C@@H]5CO)O[C@@H]4CO)O[C@@H]3CO)c1ccc(B(O)O)cc1. The van der Waals surface area contributed by atoms with Crippen LogP contribution >= 0.6 is 0 Å². The molecular formula is C43H65BO33. The number of esters is 1. The lowest BCUT2D eigenvalue weighted by Gasteiger charge is -2.50. The highest BCUT2D eigenvalue weighted by Gasteiger charge is 2.59. The lowest BCUT2D eigenvalue weighted by atomic mass is 9.80. The maximum absolute atomic E-state index is 13.3. The zero-order chi connectivity index (χ0) is 55.9. The van der Waals surface area contributed by atoms with Crippen LogP contribution in [-0.2, 0) is 61.6 Å². The molecule has 34 heteroatoms. The number of benzene rings is 1. The van der Waals surface area contributed by atoms with Gasteiger partial charge in [0, 0.05) is 0 Å². The number of aliphatic hydroxyl groups is 17. The fourth-order valence-corrected chi connectivity index (χ4v) is 9.95. The van der Waals surface area contributed by atoms with Gasteiger partial charge in [0.25, 0.3) is 0 Å². The third-order valence-electron chi connectivity index (χ3n) is 14.3. The van der Waals surface area contributed by atoms with Gasteiger partial charge in [-0.05, 0) is 17.6 Å². The van der Waals surface area contributed by atoms with Crippen molar-refractivity contribution in [3.63, 3.8) is 0 Å². The molecule has 0 aromatic heterocycles. The molecular weight excluding hydrogens is 1060 g/mol. The number of hydrogen-bond donors (Lipinski definition) is 19. The van der Waals surface area contributed by atoms with Crippen molar-refractivity contribution in [3.8, 4) is 0 Å². The molecule has 19 N–H and O–H groups in total. The smallest absolute Gasteiger partial charge is 0.459 e. The van der Waals surface area contributed by atoms with Crippen LogP contribution in [-0.4, -0.2) is 334 Å². The normalized spacial score (nSPS) is 49.0. The van der Waals surface area contributed by atoms with Gasteiger partial charge in [0.1, 0.15) is 153 Å². The van der Waals surface area contributed by atoms with Crippen LogP contribution in [0.5, 0.6) is 0 Å². The van der Waals surface area contributed by atoms with Gasteiger partial charge in [-0.25, -0.2) is 4.79 Å². The standard InChI is InChI=1S/C43H65BO33/c45-5-13-31-19(50)25(56)38(66-13)73-32-14(6-46)68-40(27(58)21(32)52)75-34-16(8-48)70-42(29(60)23(34)54)77-36-18(10-65-37(62)11-1-3-12(4-2-11)44(63)64)71-43(30(61)24(36)55)76-35-17(9-49)69-41(28(59)22(35)53)74-33-15(7-47)67-39(72-31)26(57)20(33)51/h1-4,13-36,38-43,45-61,63-64H,5-10H2/t13-,14-,15-,16-,17-,18-,19-,20-,21-,22-,23-,24-,25-,26-,27-,28-,29-,30-,31-,32-,33-,34-,35-,36-,38-,39-,40-,41-,42-,43-/m1/s1. The maximum Gasteiger partial charge on any atom is 0.488 e. The summed E-state index contributed by atoms with van der Waals surface area (Å²) < 4.78 is 74.4. The largest absolute Gasteiger partial charge is 0.488 e. The van der Waals surface area contributed by atoms with E-state index in [2.05, 4.69) is 0 Å². The fourth-order valence-electron chi connectivity index (χ4n) is 9.95. The molecule has 23 rings (SSSR count). The van der Waals surface area contributed by atoms with Gasteiger partial charge in [0.15, 0.2) is 37.7 Å². The maximum atomic E-state index is 13.3. The Hall–Kier alpha value is -2.49. The van der Waals surface area contributed by atoms with Crippen molar-refractivity contribution in [2.24, 2.45) is 0 Å². The van der Waals surface area contributed by atoms with Gasteiger partial charge in [0.05, 0.1) is 38.6 Å². The van der Waals surface area contributed by atoms with Gasteiger partial charge >= 0.3 is 13.1 Å². The minimum absolute atomic E-state index is 0.00270. The van der Waals surface area contributed by atoms with Gasteiger partial charge in [-0.3, -0.25) is 0 Å². The zero-order valence-corrected chi connectivity index (χ0v) is 40.2. The van der Waals surface area contributed by atoms with Crippen molar-refractivity contribution >= 4 is 18.6 Å². The van der Waals surface area contributed by atoms with Crippen molar-refractivity contribution in [2.45, 2.75) is 184 Å². The third kappa shape index (κ3) is 12.3. The number of hydrogen-bond acceptors (Lipinski definition) is 33. The summed E-state index contributed by atoms with van der Waals surface area (Å²) in [4.78, 5) is 13.3. The number of carbonyl (C=O) groups excluding carboxylic acids is 1. The van der Waals surface area contributed by atoms with Crippen molar-refractivity contribution in [2.75, 3.05) is 39.6 Å². The molecule has 22 fully saturated rings. The van der Waals surface area contributed by atoms with E-state index in [9.17, 15) is 102 Å². The summed E-state index contributed by atoms with van der Waals surface area (Å²) >= 11 is 0. The predicted molar refractivity (Wildman–Crippen MR) is 235 cm³/mol. The molecule has 22 aliphatic rings. The van der Waals surface area contributed by atoms with Crippen molar-refractivity contribution < 1.29 is 163 Å². The molecule has 12 bridgehead atoms. The molecule has 22 aliphatic heterocycles. The number of ether oxygens (including phenoxy) is 13. The molecule has 1 aromatic carbocycles. The third-order valence-corrected chi connectivity index (χ3v) is 14.3. The van der Waals surface area contributed by atoms with Gasteiger partial charge < -0.3 is 158 Å². The molecule has 0 aliphatic carbocycles. The number of aliphatic hydroxyl groups excluding tert-OH is 17. The molecule has 33 nitrogen and oxygen atoms in total. The van der Waals surface area contributed by atoms with E-state index < -0.39 is 237 Å². The average molecular weight is 1120 g/mol. The van der Waals surface area contributed by atoms with Crippen LogP contribution < -0.4 is 5.46 Å².